The van der Waals surface area contributed by atoms with Crippen LogP contribution in [0.5, 0.6) is 11.5 Å². The summed E-state index contributed by atoms with van der Waals surface area (Å²) in [5.41, 5.74) is -0.883. The first kappa shape index (κ1) is 42.4. The van der Waals surface area contributed by atoms with Crippen LogP contribution in [0.2, 0.25) is 0 Å². The predicted molar refractivity (Wildman–Crippen MR) is 209 cm³/mol. The summed E-state index contributed by atoms with van der Waals surface area (Å²) in [6.45, 7) is 14.7. The van der Waals surface area contributed by atoms with E-state index >= 15 is 0 Å². The van der Waals surface area contributed by atoms with Gasteiger partial charge in [0.15, 0.2) is 28.3 Å². The third kappa shape index (κ3) is 9.97. The molecule has 55 heavy (non-hydrogen) atoms. The van der Waals surface area contributed by atoms with Crippen LogP contribution in [0.25, 0.3) is 10.9 Å². The Balaban J connectivity index is 1.25. The minimum absolute atomic E-state index is 0.0292. The number of amides is 1. The number of carbonyl (C=O) groups excluding carboxylic acids is 1. The lowest BCUT2D eigenvalue weighted by Crippen LogP contribution is -2.63. The number of fused-ring (bicyclic) bond motifs is 1. The standard InChI is InChI=1S/C38H51F2N6O7PS/c1-36(2,3)38(37(4,5)6,22-53-54(48,49)50)31-14-8-9-15-46(31)16-11-17-52-30-20-28-25(19-29(30)51-7)34(43-23-42-28)45-35-41-21-24(55-35)18-32(47)44-27-13-10-12-26(39)33(27)40/h10,12-13,19-21,23,31H,8-9,11,14-18,22H2,1-7H3,(H,44,47)(H2,48,49,50)(H,41,42,43,45). The molecule has 3 heterocycles. The number of nitrogens with one attached hydrogen (secondary N) is 2. The van der Waals surface area contributed by atoms with Crippen molar-refractivity contribution in [2.24, 2.45) is 16.2 Å². The third-order valence-electron chi connectivity index (χ3n) is 10.4. The van der Waals surface area contributed by atoms with Gasteiger partial charge >= 0.3 is 7.82 Å². The van der Waals surface area contributed by atoms with Crippen molar-refractivity contribution in [2.45, 2.75) is 79.7 Å². The van der Waals surface area contributed by atoms with Crippen LogP contribution < -0.4 is 20.1 Å². The van der Waals surface area contributed by atoms with Crippen molar-refractivity contribution in [1.82, 2.24) is 19.9 Å². The van der Waals surface area contributed by atoms with Crippen LogP contribution in [0, 0.1) is 27.9 Å². The molecule has 2 aromatic carbocycles. The van der Waals surface area contributed by atoms with Crippen LogP contribution in [-0.2, 0) is 20.3 Å². The zero-order chi connectivity index (χ0) is 40.2. The highest BCUT2D eigenvalue weighted by molar-refractivity contribution is 7.46. The lowest BCUT2D eigenvalue weighted by atomic mass is 9.50. The second kappa shape index (κ2) is 17.1. The molecule has 0 saturated carbocycles. The highest BCUT2D eigenvalue weighted by Crippen LogP contribution is 2.58. The van der Waals surface area contributed by atoms with E-state index in [0.717, 1.165) is 38.4 Å². The number of phosphoric acid groups is 1. The lowest BCUT2D eigenvalue weighted by molar-refractivity contribution is -0.142. The Labute approximate surface area is 324 Å². The Morgan fingerprint density at radius 2 is 1.80 bits per heavy atom. The molecule has 0 bridgehead atoms. The van der Waals surface area contributed by atoms with Crippen LogP contribution in [0.15, 0.2) is 42.9 Å². The molecule has 300 valence electrons. The molecule has 13 nitrogen and oxygen atoms in total. The Morgan fingerprint density at radius 3 is 2.49 bits per heavy atom. The largest absolute Gasteiger partial charge is 0.493 e. The second-order valence-electron chi connectivity index (χ2n) is 15.8. The highest BCUT2D eigenvalue weighted by Gasteiger charge is 2.58. The number of ether oxygens (including phenoxy) is 2. The molecule has 4 aromatic rings. The van der Waals surface area contributed by atoms with Gasteiger partial charge in [-0.3, -0.25) is 14.2 Å². The average Bonchev–Trinajstić information content (AvgIpc) is 3.53. The summed E-state index contributed by atoms with van der Waals surface area (Å²) in [6.07, 6.45) is 6.49. The molecule has 1 fully saturated rings. The minimum atomic E-state index is -4.69. The molecule has 5 rings (SSSR count). The number of rotatable bonds is 15. The van der Waals surface area contributed by atoms with Crippen molar-refractivity contribution in [3.05, 3.63) is 59.4 Å². The molecule has 1 aliphatic rings. The second-order valence-corrected chi connectivity index (χ2v) is 18.2. The van der Waals surface area contributed by atoms with Crippen LogP contribution in [0.1, 0.15) is 72.1 Å². The molecular weight excluding hydrogens is 753 g/mol. The maximum atomic E-state index is 14.0. The Kier molecular flexibility index (Phi) is 13.2. The molecule has 2 aromatic heterocycles. The number of nitrogens with zero attached hydrogens (tertiary/aromatic N) is 4. The van der Waals surface area contributed by atoms with Crippen LogP contribution in [0.4, 0.5) is 25.4 Å². The number of hydrogen-bond donors (Lipinski definition) is 4. The van der Waals surface area contributed by atoms with E-state index in [0.29, 0.717) is 51.3 Å². The summed E-state index contributed by atoms with van der Waals surface area (Å²) in [7, 11) is -3.14. The van der Waals surface area contributed by atoms with Gasteiger partial charge in [0.25, 0.3) is 0 Å². The zero-order valence-electron chi connectivity index (χ0n) is 32.3. The van der Waals surface area contributed by atoms with Crippen LogP contribution in [-0.4, -0.2) is 75.0 Å². The van der Waals surface area contributed by atoms with Gasteiger partial charge < -0.3 is 29.9 Å². The van der Waals surface area contributed by atoms with Gasteiger partial charge in [-0.1, -0.05) is 54.0 Å². The Bertz CT molecular complexity index is 2000. The number of benzene rings is 2. The molecule has 17 heteroatoms. The maximum Gasteiger partial charge on any atom is 0.469 e. The first-order valence-electron chi connectivity index (χ1n) is 18.2. The normalized spacial score (nSPS) is 15.9. The van der Waals surface area contributed by atoms with Gasteiger partial charge in [-0.05, 0) is 54.8 Å². The number of methoxy groups -OCH3 is 1. The van der Waals surface area contributed by atoms with Crippen LogP contribution in [0.3, 0.4) is 0 Å². The summed E-state index contributed by atoms with van der Waals surface area (Å²) < 4.78 is 56.8. The number of hydrogen-bond acceptors (Lipinski definition) is 11. The molecule has 1 amide bonds. The van der Waals surface area contributed by atoms with E-state index in [4.69, 9.17) is 14.0 Å². The molecule has 0 radical (unpaired) electrons. The Hall–Kier alpha value is -3.79. The van der Waals surface area contributed by atoms with E-state index in [1.807, 2.05) is 0 Å². The summed E-state index contributed by atoms with van der Waals surface area (Å²) >= 11 is 1.22. The Morgan fingerprint density at radius 1 is 1.05 bits per heavy atom. The molecule has 1 saturated heterocycles. The minimum Gasteiger partial charge on any atom is -0.493 e. The average molecular weight is 805 g/mol. The van der Waals surface area contributed by atoms with E-state index in [2.05, 4.69) is 72.0 Å². The fourth-order valence-corrected chi connectivity index (χ4v) is 9.23. The maximum absolute atomic E-state index is 14.0. The smallest absolute Gasteiger partial charge is 0.469 e. The summed E-state index contributed by atoms with van der Waals surface area (Å²) in [5, 5.41) is 6.69. The van der Waals surface area contributed by atoms with Gasteiger partial charge in [0.05, 0.1) is 37.9 Å². The van der Waals surface area contributed by atoms with Crippen molar-refractivity contribution < 1.29 is 41.9 Å². The number of anilines is 3. The number of thiazole rings is 1. The molecule has 1 unspecified atom stereocenters. The van der Waals surface area contributed by atoms with Crippen LogP contribution >= 0.6 is 19.2 Å². The lowest BCUT2D eigenvalue weighted by Gasteiger charge is -2.61. The molecule has 4 N–H and O–H groups in total. The first-order chi connectivity index (χ1) is 25.8. The van der Waals surface area contributed by atoms with Gasteiger partial charge in [-0.15, -0.1) is 11.3 Å². The molecule has 1 atom stereocenters. The summed E-state index contributed by atoms with van der Waals surface area (Å²) in [6, 6.07) is 7.18. The highest BCUT2D eigenvalue weighted by atomic mass is 32.1. The summed E-state index contributed by atoms with van der Waals surface area (Å²) in [4.78, 5) is 48.2. The van der Waals surface area contributed by atoms with Crippen molar-refractivity contribution in [1.29, 1.82) is 0 Å². The SMILES string of the molecule is COc1cc2c(Nc3ncc(CC(=O)Nc4cccc(F)c4F)s3)ncnc2cc1OCCCN1CCCCC1C(COP(=O)(O)O)(C(C)(C)C)C(C)(C)C. The van der Waals surface area contributed by atoms with E-state index in [1.165, 1.54) is 36.0 Å². The van der Waals surface area contributed by atoms with Crippen molar-refractivity contribution in [2.75, 3.05) is 44.0 Å². The summed E-state index contributed by atoms with van der Waals surface area (Å²) in [5.74, 6) is -1.23. The number of piperidine rings is 1. The third-order valence-corrected chi connectivity index (χ3v) is 11.8. The first-order valence-corrected chi connectivity index (χ1v) is 20.5. The van der Waals surface area contributed by atoms with Gasteiger partial charge in [0.1, 0.15) is 12.1 Å². The van der Waals surface area contributed by atoms with Gasteiger partial charge in [0, 0.05) is 40.5 Å². The number of likely N-dealkylation sites (tertiary alicyclic amines) is 1. The van der Waals surface area contributed by atoms with E-state index in [1.54, 1.807) is 19.2 Å². The van der Waals surface area contributed by atoms with Crippen molar-refractivity contribution in [3.63, 3.8) is 0 Å². The zero-order valence-corrected chi connectivity index (χ0v) is 34.0. The number of aromatic nitrogens is 3. The fourth-order valence-electron chi connectivity index (χ4n) is 8.04. The molecule has 0 spiro atoms. The fraction of sp³-hybridized carbons (Fsp3) is 0.526. The number of halogens is 2. The number of carbonyl (C=O) groups is 1. The van der Waals surface area contributed by atoms with Gasteiger partial charge in [-0.2, -0.15) is 0 Å². The van der Waals surface area contributed by atoms with Gasteiger partial charge in [-0.25, -0.2) is 28.3 Å². The molecular formula is C38H51F2N6O7PS. The van der Waals surface area contributed by atoms with Crippen molar-refractivity contribution >= 4 is 52.6 Å². The van der Waals surface area contributed by atoms with Crippen molar-refractivity contribution in [3.8, 4) is 11.5 Å². The monoisotopic (exact) mass is 804 g/mol. The topological polar surface area (TPSA) is 168 Å². The molecule has 0 aliphatic carbocycles. The quantitative estimate of drug-likeness (QED) is 0.0674. The van der Waals surface area contributed by atoms with E-state index in [9.17, 15) is 27.9 Å². The van der Waals surface area contributed by atoms with E-state index < -0.39 is 30.8 Å². The molecule has 1 aliphatic heterocycles. The number of phosphoric ester groups is 1. The predicted octanol–water partition coefficient (Wildman–Crippen LogP) is 8.11. The van der Waals surface area contributed by atoms with Gasteiger partial charge in [0.2, 0.25) is 5.91 Å². The van der Waals surface area contributed by atoms with E-state index in [-0.39, 0.29) is 35.6 Å².